The van der Waals surface area contributed by atoms with Crippen LogP contribution in [0.25, 0.3) is 0 Å². The van der Waals surface area contributed by atoms with E-state index in [-0.39, 0.29) is 22.1 Å². The average Bonchev–Trinajstić information content (AvgIpc) is 3.02. The second kappa shape index (κ2) is 6.22. The van der Waals surface area contributed by atoms with Gasteiger partial charge in [0.1, 0.15) is 4.90 Å². The molecule has 0 spiro atoms. The molecule has 1 aromatic rings. The summed E-state index contributed by atoms with van der Waals surface area (Å²) in [5.41, 5.74) is 0. The van der Waals surface area contributed by atoms with Crippen LogP contribution in [0.15, 0.2) is 29.2 Å². The van der Waals surface area contributed by atoms with E-state index >= 15 is 0 Å². The van der Waals surface area contributed by atoms with E-state index in [4.69, 9.17) is 21.1 Å². The standard InChI is InChI=1S/C14H18ClNO4S/c15-12-5-1-2-6-13(12)21(17,18)16-7-3-4-11(10-16)14-19-8-9-20-14/h1-2,5-6,11,14H,3-4,7-10H2/t11-/m0/s1. The molecule has 1 atom stereocenters. The van der Waals surface area contributed by atoms with Crippen LogP contribution in [-0.2, 0) is 19.5 Å². The molecular weight excluding hydrogens is 314 g/mol. The average molecular weight is 332 g/mol. The minimum atomic E-state index is -3.56. The third kappa shape index (κ3) is 3.10. The highest BCUT2D eigenvalue weighted by Crippen LogP contribution is 2.30. The predicted molar refractivity (Wildman–Crippen MR) is 78.6 cm³/mol. The topological polar surface area (TPSA) is 55.8 Å². The number of rotatable bonds is 3. The Morgan fingerprint density at radius 1 is 1.19 bits per heavy atom. The molecule has 2 heterocycles. The molecule has 0 saturated carbocycles. The molecule has 3 rings (SSSR count). The van der Waals surface area contributed by atoms with Crippen molar-refractivity contribution in [3.63, 3.8) is 0 Å². The Balaban J connectivity index is 1.80. The predicted octanol–water partition coefficient (Wildman–Crippen LogP) is 2.11. The lowest BCUT2D eigenvalue weighted by molar-refractivity contribution is -0.0940. The molecule has 2 saturated heterocycles. The van der Waals surface area contributed by atoms with Crippen LogP contribution in [0, 0.1) is 5.92 Å². The molecule has 0 N–H and O–H groups in total. The van der Waals surface area contributed by atoms with Crippen molar-refractivity contribution in [2.75, 3.05) is 26.3 Å². The number of hydrogen-bond donors (Lipinski definition) is 0. The van der Waals surface area contributed by atoms with Gasteiger partial charge in [-0.2, -0.15) is 4.31 Å². The second-order valence-corrected chi connectivity index (χ2v) is 7.62. The minimum Gasteiger partial charge on any atom is -0.350 e. The Kier molecular flexibility index (Phi) is 4.51. The third-order valence-corrected chi connectivity index (χ3v) is 6.27. The Morgan fingerprint density at radius 2 is 1.90 bits per heavy atom. The van der Waals surface area contributed by atoms with Gasteiger partial charge in [-0.05, 0) is 25.0 Å². The van der Waals surface area contributed by atoms with Crippen molar-refractivity contribution in [2.45, 2.75) is 24.0 Å². The zero-order valence-electron chi connectivity index (χ0n) is 11.6. The summed E-state index contributed by atoms with van der Waals surface area (Å²) in [4.78, 5) is 0.167. The first kappa shape index (κ1) is 15.2. The summed E-state index contributed by atoms with van der Waals surface area (Å²) < 4.78 is 38.0. The Labute approximate surface area is 129 Å². The second-order valence-electron chi connectivity index (χ2n) is 5.31. The largest absolute Gasteiger partial charge is 0.350 e. The van der Waals surface area contributed by atoms with Gasteiger partial charge in [0.05, 0.1) is 18.2 Å². The van der Waals surface area contributed by atoms with E-state index in [2.05, 4.69) is 0 Å². The number of benzene rings is 1. The number of piperidine rings is 1. The third-order valence-electron chi connectivity index (χ3n) is 3.91. The molecular formula is C14H18ClNO4S. The lowest BCUT2D eigenvalue weighted by Gasteiger charge is -2.34. The molecule has 1 aromatic carbocycles. The number of hydrogen-bond acceptors (Lipinski definition) is 4. The Hall–Kier alpha value is -0.660. The van der Waals surface area contributed by atoms with Gasteiger partial charge >= 0.3 is 0 Å². The minimum absolute atomic E-state index is 0.0820. The molecule has 116 valence electrons. The summed E-state index contributed by atoms with van der Waals surface area (Å²) in [6.07, 6.45) is 1.44. The zero-order valence-corrected chi connectivity index (χ0v) is 13.1. The number of ether oxygens (including phenoxy) is 2. The first-order valence-electron chi connectivity index (χ1n) is 7.07. The van der Waals surface area contributed by atoms with E-state index in [0.29, 0.717) is 26.3 Å². The summed E-state index contributed by atoms with van der Waals surface area (Å²) in [5.74, 6) is 0.0820. The van der Waals surface area contributed by atoms with Gasteiger partial charge in [-0.1, -0.05) is 23.7 Å². The van der Waals surface area contributed by atoms with Crippen LogP contribution in [0.5, 0.6) is 0 Å². The maximum atomic E-state index is 12.7. The van der Waals surface area contributed by atoms with Gasteiger partial charge in [0.25, 0.3) is 0 Å². The number of nitrogens with zero attached hydrogens (tertiary/aromatic N) is 1. The van der Waals surface area contributed by atoms with E-state index in [1.165, 1.54) is 4.31 Å². The molecule has 7 heteroatoms. The van der Waals surface area contributed by atoms with E-state index in [1.54, 1.807) is 24.3 Å². The van der Waals surface area contributed by atoms with Gasteiger partial charge in [0, 0.05) is 19.0 Å². The van der Waals surface area contributed by atoms with Crippen LogP contribution < -0.4 is 0 Å². The lowest BCUT2D eigenvalue weighted by Crippen LogP contribution is -2.43. The van der Waals surface area contributed by atoms with E-state index in [1.807, 2.05) is 0 Å². The van der Waals surface area contributed by atoms with Gasteiger partial charge in [0.2, 0.25) is 10.0 Å². The fourth-order valence-corrected chi connectivity index (χ4v) is 4.88. The number of halogens is 1. The molecule has 0 aromatic heterocycles. The number of sulfonamides is 1. The van der Waals surface area contributed by atoms with E-state index < -0.39 is 10.0 Å². The summed E-state index contributed by atoms with van der Waals surface area (Å²) in [6, 6.07) is 6.55. The van der Waals surface area contributed by atoms with Crippen molar-refractivity contribution in [1.82, 2.24) is 4.31 Å². The van der Waals surface area contributed by atoms with Crippen LogP contribution in [0.2, 0.25) is 5.02 Å². The Morgan fingerprint density at radius 3 is 2.62 bits per heavy atom. The molecule has 0 bridgehead atoms. The lowest BCUT2D eigenvalue weighted by atomic mass is 9.99. The van der Waals surface area contributed by atoms with Crippen molar-refractivity contribution >= 4 is 21.6 Å². The summed E-state index contributed by atoms with van der Waals surface area (Å²) >= 11 is 6.04. The summed E-state index contributed by atoms with van der Waals surface area (Å²) in [5, 5.41) is 0.257. The molecule has 0 aliphatic carbocycles. The molecule has 2 fully saturated rings. The first-order valence-corrected chi connectivity index (χ1v) is 8.89. The molecule has 0 amide bonds. The quantitative estimate of drug-likeness (QED) is 0.851. The SMILES string of the molecule is O=S(=O)(c1ccccc1Cl)N1CCC[C@H](C2OCCO2)C1. The van der Waals surface area contributed by atoms with E-state index in [9.17, 15) is 8.42 Å². The van der Waals surface area contributed by atoms with Crippen molar-refractivity contribution in [3.8, 4) is 0 Å². The molecule has 21 heavy (non-hydrogen) atoms. The smallest absolute Gasteiger partial charge is 0.244 e. The van der Waals surface area contributed by atoms with E-state index in [0.717, 1.165) is 12.8 Å². The molecule has 2 aliphatic rings. The molecule has 2 aliphatic heterocycles. The van der Waals surface area contributed by atoms with Crippen molar-refractivity contribution < 1.29 is 17.9 Å². The highest BCUT2D eigenvalue weighted by Gasteiger charge is 2.36. The van der Waals surface area contributed by atoms with Gasteiger partial charge in [-0.15, -0.1) is 0 Å². The van der Waals surface area contributed by atoms with Crippen LogP contribution in [0.3, 0.4) is 0 Å². The van der Waals surface area contributed by atoms with Crippen LogP contribution in [0.1, 0.15) is 12.8 Å². The van der Waals surface area contributed by atoms with Gasteiger partial charge < -0.3 is 9.47 Å². The van der Waals surface area contributed by atoms with Crippen LogP contribution in [-0.4, -0.2) is 45.3 Å². The summed E-state index contributed by atoms with van der Waals surface area (Å²) in [7, 11) is -3.56. The maximum absolute atomic E-state index is 12.7. The van der Waals surface area contributed by atoms with Crippen molar-refractivity contribution in [1.29, 1.82) is 0 Å². The normalized spacial score (nSPS) is 25.3. The van der Waals surface area contributed by atoms with Gasteiger partial charge in [-0.25, -0.2) is 8.42 Å². The Bertz CT molecular complexity index is 601. The molecule has 5 nitrogen and oxygen atoms in total. The van der Waals surface area contributed by atoms with Gasteiger partial charge in [-0.3, -0.25) is 0 Å². The molecule has 0 radical (unpaired) electrons. The van der Waals surface area contributed by atoms with Crippen molar-refractivity contribution in [3.05, 3.63) is 29.3 Å². The monoisotopic (exact) mass is 331 g/mol. The van der Waals surface area contributed by atoms with Crippen LogP contribution >= 0.6 is 11.6 Å². The van der Waals surface area contributed by atoms with Crippen LogP contribution in [0.4, 0.5) is 0 Å². The molecule has 0 unspecified atom stereocenters. The fourth-order valence-electron chi connectivity index (χ4n) is 2.86. The van der Waals surface area contributed by atoms with Gasteiger partial charge in [0.15, 0.2) is 6.29 Å². The zero-order chi connectivity index (χ0) is 14.9. The first-order chi connectivity index (χ1) is 10.1. The highest BCUT2D eigenvalue weighted by molar-refractivity contribution is 7.89. The highest BCUT2D eigenvalue weighted by atomic mass is 35.5. The maximum Gasteiger partial charge on any atom is 0.244 e. The summed E-state index contributed by atoms with van der Waals surface area (Å²) in [6.45, 7) is 2.09. The fraction of sp³-hybridized carbons (Fsp3) is 0.571. The van der Waals surface area contributed by atoms with Crippen molar-refractivity contribution in [2.24, 2.45) is 5.92 Å².